The first-order valence-corrected chi connectivity index (χ1v) is 10.5. The molecule has 2 heterocycles. The molecule has 33 heavy (non-hydrogen) atoms. The third kappa shape index (κ3) is 4.85. The highest BCUT2D eigenvalue weighted by Gasteiger charge is 2.31. The van der Waals surface area contributed by atoms with Gasteiger partial charge in [0.2, 0.25) is 11.8 Å². The molecule has 170 valence electrons. The number of piperidine rings is 1. The number of amides is 2. The molecule has 0 aliphatic carbocycles. The van der Waals surface area contributed by atoms with Gasteiger partial charge < -0.3 is 4.57 Å². The van der Waals surface area contributed by atoms with Gasteiger partial charge in [0, 0.05) is 24.2 Å². The molecule has 2 amide bonds. The zero-order valence-corrected chi connectivity index (χ0v) is 17.9. The molecule has 3 aromatic rings. The number of nitrogens with one attached hydrogen (secondary N) is 1. The van der Waals surface area contributed by atoms with E-state index in [1.54, 1.807) is 36.4 Å². The first-order chi connectivity index (χ1) is 15.6. The predicted octanol–water partition coefficient (Wildman–Crippen LogP) is 4.76. The lowest BCUT2D eigenvalue weighted by atomic mass is 9.88. The molecular formula is C24H18ClF3N2O3. The molecule has 1 aromatic heterocycles. The van der Waals surface area contributed by atoms with Gasteiger partial charge in [0.15, 0.2) is 0 Å². The van der Waals surface area contributed by atoms with Crippen LogP contribution >= 0.6 is 11.6 Å². The Kier molecular flexibility index (Phi) is 6.12. The van der Waals surface area contributed by atoms with Gasteiger partial charge in [-0.25, -0.2) is 0 Å². The maximum atomic E-state index is 12.8. The lowest BCUT2D eigenvalue weighted by Crippen LogP contribution is -2.39. The number of benzene rings is 2. The minimum atomic E-state index is -4.57. The van der Waals surface area contributed by atoms with E-state index in [0.29, 0.717) is 28.6 Å². The van der Waals surface area contributed by atoms with Crippen LogP contribution in [0.2, 0.25) is 5.02 Å². The largest absolute Gasteiger partial charge is 0.416 e. The van der Waals surface area contributed by atoms with Gasteiger partial charge >= 0.3 is 6.18 Å². The van der Waals surface area contributed by atoms with E-state index >= 15 is 0 Å². The Morgan fingerprint density at radius 1 is 1.03 bits per heavy atom. The van der Waals surface area contributed by atoms with Crippen molar-refractivity contribution in [2.75, 3.05) is 0 Å². The van der Waals surface area contributed by atoms with Gasteiger partial charge in [-0.15, -0.1) is 0 Å². The number of carbonyl (C=O) groups excluding carboxylic acids is 2. The van der Waals surface area contributed by atoms with Crippen LogP contribution in [-0.4, -0.2) is 16.4 Å². The van der Waals surface area contributed by atoms with Crippen LogP contribution in [0.1, 0.15) is 35.4 Å². The molecule has 0 spiro atoms. The maximum absolute atomic E-state index is 12.8. The molecule has 1 aliphatic rings. The number of pyridine rings is 1. The summed E-state index contributed by atoms with van der Waals surface area (Å²) in [7, 11) is 0. The zero-order chi connectivity index (χ0) is 23.8. The van der Waals surface area contributed by atoms with Crippen molar-refractivity contribution in [3.8, 4) is 11.1 Å². The first-order valence-electron chi connectivity index (χ1n) is 10.1. The summed E-state index contributed by atoms with van der Waals surface area (Å²) in [6.07, 6.45) is -2.81. The Morgan fingerprint density at radius 3 is 2.39 bits per heavy atom. The van der Waals surface area contributed by atoms with E-state index < -0.39 is 23.2 Å². The Labute approximate surface area is 191 Å². The minimum absolute atomic E-state index is 0.112. The van der Waals surface area contributed by atoms with Crippen molar-refractivity contribution < 1.29 is 22.8 Å². The monoisotopic (exact) mass is 474 g/mol. The van der Waals surface area contributed by atoms with Crippen molar-refractivity contribution in [1.82, 2.24) is 9.88 Å². The number of nitrogens with zero attached hydrogens (tertiary/aromatic N) is 1. The zero-order valence-electron chi connectivity index (χ0n) is 17.2. The van der Waals surface area contributed by atoms with Crippen LogP contribution in [0.5, 0.6) is 0 Å². The standard InChI is InChI=1S/C24H18ClF3N2O3/c25-22-17(2-1-3-18(22)19-8-9-20(31)29-23(19)33)15-6-4-14(5-7-15)13-30-11-10-16(12-21(30)32)24(26,27)28/h1-7,10-12,19H,8-9,13H2,(H,29,31,33). The SMILES string of the molecule is O=C1CCC(c2cccc(-c3ccc(Cn4ccc(C(F)(F)F)cc4=O)cc3)c2Cl)C(=O)N1. The lowest BCUT2D eigenvalue weighted by Gasteiger charge is -2.23. The third-order valence-corrected chi connectivity index (χ3v) is 6.01. The summed E-state index contributed by atoms with van der Waals surface area (Å²) in [6.45, 7) is 0.112. The Bertz CT molecular complexity index is 1280. The fourth-order valence-corrected chi connectivity index (χ4v) is 4.20. The van der Waals surface area contributed by atoms with Gasteiger partial charge in [-0.3, -0.25) is 19.7 Å². The average Bonchev–Trinajstić information content (AvgIpc) is 2.76. The number of carbonyl (C=O) groups is 2. The molecule has 1 N–H and O–H groups in total. The summed E-state index contributed by atoms with van der Waals surface area (Å²) in [4.78, 5) is 35.7. The molecule has 0 bridgehead atoms. The number of rotatable bonds is 4. The van der Waals surface area contributed by atoms with Crippen LogP contribution in [0.15, 0.2) is 65.6 Å². The third-order valence-electron chi connectivity index (χ3n) is 5.58. The molecule has 0 radical (unpaired) electrons. The summed E-state index contributed by atoms with van der Waals surface area (Å²) < 4.78 is 39.5. The average molecular weight is 475 g/mol. The Balaban J connectivity index is 1.56. The number of alkyl halides is 3. The van der Waals surface area contributed by atoms with Crippen LogP contribution < -0.4 is 10.9 Å². The van der Waals surface area contributed by atoms with Gasteiger partial charge in [-0.05, 0) is 29.2 Å². The van der Waals surface area contributed by atoms with Crippen molar-refractivity contribution in [2.24, 2.45) is 0 Å². The van der Waals surface area contributed by atoms with Crippen molar-refractivity contribution in [2.45, 2.75) is 31.5 Å². The van der Waals surface area contributed by atoms with Crippen LogP contribution in [0.3, 0.4) is 0 Å². The number of hydrogen-bond acceptors (Lipinski definition) is 3. The summed E-state index contributed by atoms with van der Waals surface area (Å²) in [5.74, 6) is -1.19. The maximum Gasteiger partial charge on any atom is 0.416 e. The van der Waals surface area contributed by atoms with E-state index in [9.17, 15) is 27.6 Å². The summed E-state index contributed by atoms with van der Waals surface area (Å²) in [5.41, 5.74) is 1.12. The van der Waals surface area contributed by atoms with Gasteiger partial charge in [0.05, 0.1) is 23.0 Å². The first kappa shape index (κ1) is 22.8. The molecule has 4 rings (SSSR count). The molecule has 1 saturated heterocycles. The number of hydrogen-bond donors (Lipinski definition) is 1. The van der Waals surface area contributed by atoms with Crippen molar-refractivity contribution in [1.29, 1.82) is 0 Å². The normalized spacial score (nSPS) is 16.5. The number of aromatic nitrogens is 1. The highest BCUT2D eigenvalue weighted by Crippen LogP contribution is 2.37. The van der Waals surface area contributed by atoms with Crippen LogP contribution in [0.4, 0.5) is 13.2 Å². The second kappa shape index (κ2) is 8.86. The minimum Gasteiger partial charge on any atom is -0.311 e. The molecule has 1 aliphatic heterocycles. The highest BCUT2D eigenvalue weighted by molar-refractivity contribution is 6.34. The molecule has 1 unspecified atom stereocenters. The van der Waals surface area contributed by atoms with Gasteiger partial charge in [-0.2, -0.15) is 13.2 Å². The molecule has 0 saturated carbocycles. The van der Waals surface area contributed by atoms with Gasteiger partial charge in [0.1, 0.15) is 0 Å². The van der Waals surface area contributed by atoms with E-state index in [-0.39, 0.29) is 24.8 Å². The Hall–Kier alpha value is -3.39. The van der Waals surface area contributed by atoms with E-state index in [1.807, 2.05) is 6.07 Å². The predicted molar refractivity (Wildman–Crippen MR) is 117 cm³/mol. The van der Waals surface area contributed by atoms with Gasteiger partial charge in [-0.1, -0.05) is 54.1 Å². The van der Waals surface area contributed by atoms with Crippen molar-refractivity contribution in [3.05, 3.63) is 92.9 Å². The molecular weight excluding hydrogens is 457 g/mol. The highest BCUT2D eigenvalue weighted by atomic mass is 35.5. The molecule has 1 fully saturated rings. The fraction of sp³-hybridized carbons (Fsp3) is 0.208. The lowest BCUT2D eigenvalue weighted by molar-refractivity contribution is -0.138. The van der Waals surface area contributed by atoms with E-state index in [2.05, 4.69) is 5.32 Å². The summed E-state index contributed by atoms with van der Waals surface area (Å²) in [5, 5.41) is 2.75. The molecule has 5 nitrogen and oxygen atoms in total. The van der Waals surface area contributed by atoms with Gasteiger partial charge in [0.25, 0.3) is 5.56 Å². The van der Waals surface area contributed by atoms with Crippen LogP contribution in [0, 0.1) is 0 Å². The Morgan fingerprint density at radius 2 is 1.76 bits per heavy atom. The molecule has 1 atom stereocenters. The van der Waals surface area contributed by atoms with Crippen LogP contribution in [0.25, 0.3) is 11.1 Å². The van der Waals surface area contributed by atoms with Crippen LogP contribution in [-0.2, 0) is 22.3 Å². The summed E-state index contributed by atoms with van der Waals surface area (Å²) >= 11 is 6.62. The topological polar surface area (TPSA) is 68.2 Å². The fourth-order valence-electron chi connectivity index (χ4n) is 3.83. The van der Waals surface area contributed by atoms with Crippen molar-refractivity contribution >= 4 is 23.4 Å². The van der Waals surface area contributed by atoms with E-state index in [4.69, 9.17) is 11.6 Å². The number of imide groups is 1. The second-order valence-electron chi connectivity index (χ2n) is 7.79. The smallest absolute Gasteiger partial charge is 0.311 e. The molecule has 9 heteroatoms. The summed E-state index contributed by atoms with van der Waals surface area (Å²) in [6, 6.07) is 13.9. The number of halogens is 4. The second-order valence-corrected chi connectivity index (χ2v) is 8.17. The van der Waals surface area contributed by atoms with E-state index in [0.717, 1.165) is 23.4 Å². The molecule has 2 aromatic carbocycles. The van der Waals surface area contributed by atoms with E-state index in [1.165, 1.54) is 4.57 Å². The quantitative estimate of drug-likeness (QED) is 0.555. The van der Waals surface area contributed by atoms with Crippen molar-refractivity contribution in [3.63, 3.8) is 0 Å².